The van der Waals surface area contributed by atoms with Crippen LogP contribution < -0.4 is 5.56 Å². The van der Waals surface area contributed by atoms with Crippen LogP contribution in [0.1, 0.15) is 5.69 Å². The molecule has 2 aromatic heterocycles. The van der Waals surface area contributed by atoms with E-state index in [2.05, 4.69) is 9.97 Å². The zero-order valence-electron chi connectivity index (χ0n) is 11.9. The summed E-state index contributed by atoms with van der Waals surface area (Å²) in [5, 5.41) is 1.06. The van der Waals surface area contributed by atoms with Crippen LogP contribution in [-0.2, 0) is 11.0 Å². The van der Waals surface area contributed by atoms with Crippen molar-refractivity contribution in [2.75, 3.05) is 6.16 Å². The molecule has 1 aromatic carbocycles. The molecule has 0 saturated carbocycles. The Kier molecular flexibility index (Phi) is 4.37. The Morgan fingerprint density at radius 2 is 1.83 bits per heavy atom. The second-order valence-electron chi connectivity index (χ2n) is 4.97. The van der Waals surface area contributed by atoms with Gasteiger partial charge >= 0.3 is 7.60 Å². The van der Waals surface area contributed by atoms with E-state index in [0.717, 1.165) is 4.70 Å². The lowest BCUT2D eigenvalue weighted by molar-refractivity contribution is 0.373. The minimum atomic E-state index is -4.06. The number of rotatable bonds is 4. The smallest absolute Gasteiger partial charge is 0.324 e. The molecule has 0 atom stereocenters. The third-order valence-electron chi connectivity index (χ3n) is 3.21. The summed E-state index contributed by atoms with van der Waals surface area (Å²) in [6.07, 6.45) is -0.0918. The van der Waals surface area contributed by atoms with Crippen molar-refractivity contribution >= 4 is 29.0 Å². The molecular weight excluding hydrogens is 335 g/mol. The summed E-state index contributed by atoms with van der Waals surface area (Å²) in [4.78, 5) is 38.4. The van der Waals surface area contributed by atoms with Crippen LogP contribution in [0.4, 0.5) is 0 Å². The number of benzene rings is 1. The summed E-state index contributed by atoms with van der Waals surface area (Å²) in [5.74, 6) is 0. The van der Waals surface area contributed by atoms with E-state index >= 15 is 0 Å². The first-order valence-electron chi connectivity index (χ1n) is 6.83. The highest BCUT2D eigenvalue weighted by Gasteiger charge is 2.14. The minimum Gasteiger partial charge on any atom is -0.324 e. The highest BCUT2D eigenvalue weighted by molar-refractivity contribution is 7.51. The van der Waals surface area contributed by atoms with E-state index in [1.807, 2.05) is 12.1 Å². The van der Waals surface area contributed by atoms with E-state index in [9.17, 15) is 9.36 Å². The lowest BCUT2D eigenvalue weighted by atomic mass is 10.2. The van der Waals surface area contributed by atoms with Gasteiger partial charge in [-0.05, 0) is 24.3 Å². The fraction of sp³-hybridized carbons (Fsp3) is 0.133. The Bertz CT molecular complexity index is 967. The average Bonchev–Trinajstić information content (AvgIpc) is 2.53. The maximum Gasteiger partial charge on any atom is 0.325 e. The molecular formula is C15H13N2O4PS. The van der Waals surface area contributed by atoms with Crippen LogP contribution in [-0.4, -0.2) is 25.9 Å². The molecule has 0 fully saturated rings. The molecule has 118 valence electrons. The van der Waals surface area contributed by atoms with Crippen LogP contribution in [0.5, 0.6) is 0 Å². The van der Waals surface area contributed by atoms with Crippen molar-refractivity contribution in [2.24, 2.45) is 0 Å². The van der Waals surface area contributed by atoms with E-state index in [4.69, 9.17) is 9.79 Å². The van der Waals surface area contributed by atoms with Crippen LogP contribution >= 0.6 is 18.9 Å². The summed E-state index contributed by atoms with van der Waals surface area (Å²) < 4.78 is 11.8. The summed E-state index contributed by atoms with van der Waals surface area (Å²) >= 11 is 1.36. The van der Waals surface area contributed by atoms with Gasteiger partial charge in [-0.2, -0.15) is 4.98 Å². The van der Waals surface area contributed by atoms with Gasteiger partial charge in [-0.25, -0.2) is 0 Å². The number of hydrogen-bond donors (Lipinski definition) is 2. The molecule has 6 nitrogen and oxygen atoms in total. The summed E-state index contributed by atoms with van der Waals surface area (Å²) in [7, 11) is -4.06. The molecule has 2 heterocycles. The molecule has 3 aromatic rings. The standard InChI is InChI=1S/C15H13N2O4PS/c18-14-11-5-1-2-7-13(11)23-15(17-14)12-6-3-4-10(16-12)8-9-22(19,20)21/h1-7H,8-9H2,(H2,19,20,21). The third-order valence-corrected chi connectivity index (χ3v) is 5.09. The lowest BCUT2D eigenvalue weighted by Gasteiger charge is -2.05. The van der Waals surface area contributed by atoms with E-state index in [1.165, 1.54) is 11.3 Å². The fourth-order valence-corrected chi connectivity index (χ4v) is 3.61. The van der Waals surface area contributed by atoms with Crippen LogP contribution in [0.2, 0.25) is 0 Å². The van der Waals surface area contributed by atoms with Gasteiger partial charge in [0.1, 0.15) is 5.01 Å². The first-order valence-corrected chi connectivity index (χ1v) is 9.44. The number of aryl methyl sites for hydroxylation is 1. The van der Waals surface area contributed by atoms with Gasteiger partial charge in [0.05, 0.1) is 17.2 Å². The van der Waals surface area contributed by atoms with Gasteiger partial charge in [-0.1, -0.05) is 18.2 Å². The Balaban J connectivity index is 1.99. The Labute approximate surface area is 135 Å². The van der Waals surface area contributed by atoms with Crippen LogP contribution in [0.15, 0.2) is 47.3 Å². The van der Waals surface area contributed by atoms with E-state index in [-0.39, 0.29) is 18.1 Å². The van der Waals surface area contributed by atoms with Crippen molar-refractivity contribution in [3.05, 3.63) is 58.5 Å². The van der Waals surface area contributed by atoms with Gasteiger partial charge < -0.3 is 9.79 Å². The molecule has 0 amide bonds. The van der Waals surface area contributed by atoms with Gasteiger partial charge in [0.2, 0.25) is 0 Å². The van der Waals surface area contributed by atoms with Crippen LogP contribution in [0.25, 0.3) is 20.8 Å². The Hall–Kier alpha value is -1.92. The van der Waals surface area contributed by atoms with Crippen molar-refractivity contribution in [2.45, 2.75) is 6.42 Å². The molecule has 3 rings (SSSR count). The van der Waals surface area contributed by atoms with Gasteiger partial charge in [0, 0.05) is 16.8 Å². The highest BCUT2D eigenvalue weighted by Crippen LogP contribution is 2.34. The summed E-state index contributed by atoms with van der Waals surface area (Å²) in [6, 6.07) is 12.4. The molecule has 0 aliphatic carbocycles. The molecule has 2 N–H and O–H groups in total. The van der Waals surface area contributed by atoms with Crippen LogP contribution in [0, 0.1) is 0 Å². The molecule has 0 aliphatic heterocycles. The van der Waals surface area contributed by atoms with Gasteiger partial charge in [-0.15, -0.1) is 11.3 Å². The third kappa shape index (κ3) is 3.89. The average molecular weight is 348 g/mol. The van der Waals surface area contributed by atoms with Crippen molar-refractivity contribution in [1.29, 1.82) is 0 Å². The molecule has 23 heavy (non-hydrogen) atoms. The Morgan fingerprint density at radius 3 is 2.61 bits per heavy atom. The highest BCUT2D eigenvalue weighted by atomic mass is 32.1. The molecule has 0 saturated heterocycles. The molecule has 0 unspecified atom stereocenters. The SMILES string of the molecule is O=c1nc(-c2cccc(CCP(=O)(O)O)n2)sc2ccccc12. The lowest BCUT2D eigenvalue weighted by Crippen LogP contribution is -2.06. The number of aromatic nitrogens is 2. The number of hydrogen-bond acceptors (Lipinski definition) is 5. The van der Waals surface area contributed by atoms with E-state index in [0.29, 0.717) is 21.8 Å². The Morgan fingerprint density at radius 1 is 1.04 bits per heavy atom. The summed E-state index contributed by atoms with van der Waals surface area (Å²) in [6.45, 7) is 0. The molecule has 0 radical (unpaired) electrons. The molecule has 0 aliphatic rings. The quantitative estimate of drug-likeness (QED) is 0.703. The maximum absolute atomic E-state index is 12.1. The normalized spacial score (nSPS) is 11.7. The van der Waals surface area contributed by atoms with E-state index in [1.54, 1.807) is 30.3 Å². The number of nitrogens with zero attached hydrogens (tertiary/aromatic N) is 2. The first kappa shape index (κ1) is 16.0. The summed E-state index contributed by atoms with van der Waals surface area (Å²) in [5.41, 5.74) is 0.776. The zero-order valence-corrected chi connectivity index (χ0v) is 13.6. The van der Waals surface area contributed by atoms with Crippen molar-refractivity contribution in [1.82, 2.24) is 9.97 Å². The van der Waals surface area contributed by atoms with Gasteiger partial charge in [-0.3, -0.25) is 14.3 Å². The molecule has 0 bridgehead atoms. The van der Waals surface area contributed by atoms with Crippen molar-refractivity contribution in [3.63, 3.8) is 0 Å². The number of pyridine rings is 1. The topological polar surface area (TPSA) is 100 Å². The molecule has 0 spiro atoms. The minimum absolute atomic E-state index is 0.167. The fourth-order valence-electron chi connectivity index (χ4n) is 2.12. The first-order chi connectivity index (χ1) is 10.9. The second kappa shape index (κ2) is 6.29. The maximum atomic E-state index is 12.1. The van der Waals surface area contributed by atoms with Crippen LogP contribution in [0.3, 0.4) is 0 Å². The predicted octanol–water partition coefficient (Wildman–Crippen LogP) is 2.44. The van der Waals surface area contributed by atoms with Gasteiger partial charge in [0.25, 0.3) is 5.56 Å². The number of fused-ring (bicyclic) bond motifs is 1. The predicted molar refractivity (Wildman–Crippen MR) is 89.7 cm³/mol. The zero-order chi connectivity index (χ0) is 16.4. The van der Waals surface area contributed by atoms with Gasteiger partial charge in [0.15, 0.2) is 0 Å². The van der Waals surface area contributed by atoms with E-state index < -0.39 is 7.60 Å². The van der Waals surface area contributed by atoms with Crippen molar-refractivity contribution in [3.8, 4) is 10.7 Å². The largest absolute Gasteiger partial charge is 0.325 e. The molecule has 8 heteroatoms. The monoisotopic (exact) mass is 348 g/mol. The second-order valence-corrected chi connectivity index (χ2v) is 7.78. The van der Waals surface area contributed by atoms with Crippen molar-refractivity contribution < 1.29 is 14.4 Å².